The fraction of sp³-hybridized carbons (Fsp3) is 0.714. The molecule has 0 radical (unpaired) electrons. The first-order valence-corrected chi connectivity index (χ1v) is 5.47. The maximum atomic E-state index is 10.6. The predicted molar refractivity (Wildman–Crippen MR) is 44.3 cm³/mol. The lowest BCUT2D eigenvalue weighted by Gasteiger charge is -2.09. The SMILES string of the molecule is C[C@H]1C=C[C@@H](COS(C)(=O)=O)O1. The first-order chi connectivity index (χ1) is 5.47. The summed E-state index contributed by atoms with van der Waals surface area (Å²) in [6.45, 7) is 1.95. The third kappa shape index (κ3) is 3.34. The van der Waals surface area contributed by atoms with Gasteiger partial charge < -0.3 is 4.74 Å². The average Bonchev–Trinajstić information content (AvgIpc) is 2.30. The van der Waals surface area contributed by atoms with E-state index < -0.39 is 10.1 Å². The highest BCUT2D eigenvalue weighted by atomic mass is 32.2. The van der Waals surface area contributed by atoms with Crippen LogP contribution in [0.4, 0.5) is 0 Å². The number of hydrogen-bond donors (Lipinski definition) is 0. The van der Waals surface area contributed by atoms with Gasteiger partial charge in [-0.1, -0.05) is 12.2 Å². The molecule has 0 aromatic heterocycles. The van der Waals surface area contributed by atoms with Crippen molar-refractivity contribution in [3.63, 3.8) is 0 Å². The molecule has 0 N–H and O–H groups in total. The summed E-state index contributed by atoms with van der Waals surface area (Å²) in [4.78, 5) is 0. The summed E-state index contributed by atoms with van der Waals surface area (Å²) in [5.41, 5.74) is 0. The molecular weight excluding hydrogens is 180 g/mol. The van der Waals surface area contributed by atoms with E-state index in [1.54, 1.807) is 6.08 Å². The van der Waals surface area contributed by atoms with Gasteiger partial charge in [0, 0.05) is 0 Å². The topological polar surface area (TPSA) is 52.6 Å². The van der Waals surface area contributed by atoms with Crippen LogP contribution in [0.15, 0.2) is 12.2 Å². The lowest BCUT2D eigenvalue weighted by molar-refractivity contribution is 0.0426. The first kappa shape index (κ1) is 9.70. The van der Waals surface area contributed by atoms with E-state index in [1.165, 1.54) is 0 Å². The molecule has 1 aliphatic heterocycles. The fourth-order valence-electron chi connectivity index (χ4n) is 0.932. The second-order valence-corrected chi connectivity index (χ2v) is 4.40. The Morgan fingerprint density at radius 2 is 2.17 bits per heavy atom. The monoisotopic (exact) mass is 192 g/mol. The van der Waals surface area contributed by atoms with Crippen LogP contribution in [-0.4, -0.2) is 33.5 Å². The van der Waals surface area contributed by atoms with Crippen molar-refractivity contribution in [3.05, 3.63) is 12.2 Å². The van der Waals surface area contributed by atoms with E-state index in [2.05, 4.69) is 4.18 Å². The Balaban J connectivity index is 2.31. The highest BCUT2D eigenvalue weighted by Crippen LogP contribution is 2.11. The van der Waals surface area contributed by atoms with Crippen LogP contribution >= 0.6 is 0 Å². The zero-order valence-electron chi connectivity index (χ0n) is 7.06. The van der Waals surface area contributed by atoms with Crippen LogP contribution in [0.25, 0.3) is 0 Å². The molecule has 12 heavy (non-hydrogen) atoms. The number of rotatable bonds is 3. The Morgan fingerprint density at radius 3 is 2.58 bits per heavy atom. The van der Waals surface area contributed by atoms with Crippen molar-refractivity contribution in [2.24, 2.45) is 0 Å². The predicted octanol–water partition coefficient (Wildman–Crippen LogP) is 0.306. The Kier molecular flexibility index (Phi) is 2.87. The molecule has 0 spiro atoms. The highest BCUT2D eigenvalue weighted by Gasteiger charge is 2.17. The van der Waals surface area contributed by atoms with E-state index in [1.807, 2.05) is 13.0 Å². The molecular formula is C7H12O4S. The van der Waals surface area contributed by atoms with Gasteiger partial charge in [0.15, 0.2) is 0 Å². The van der Waals surface area contributed by atoms with E-state index in [0.717, 1.165) is 6.26 Å². The Labute approximate surface area is 72.3 Å². The van der Waals surface area contributed by atoms with Gasteiger partial charge in [-0.3, -0.25) is 4.18 Å². The van der Waals surface area contributed by atoms with Gasteiger partial charge >= 0.3 is 0 Å². The summed E-state index contributed by atoms with van der Waals surface area (Å²) < 4.78 is 30.9. The van der Waals surface area contributed by atoms with Gasteiger partial charge in [0.1, 0.15) is 6.10 Å². The standard InChI is InChI=1S/C7H12O4S/c1-6-3-4-7(11-6)5-10-12(2,8)9/h3-4,6-7H,5H2,1-2H3/t6-,7-/m0/s1. The third-order valence-corrected chi connectivity index (χ3v) is 2.00. The molecule has 1 rings (SSSR count). The Morgan fingerprint density at radius 1 is 1.50 bits per heavy atom. The van der Waals surface area contributed by atoms with Crippen LogP contribution in [0, 0.1) is 0 Å². The Bertz CT molecular complexity index is 267. The van der Waals surface area contributed by atoms with Crippen LogP contribution < -0.4 is 0 Å². The summed E-state index contributed by atoms with van der Waals surface area (Å²) in [5, 5.41) is 0. The van der Waals surface area contributed by atoms with Gasteiger partial charge in [0.2, 0.25) is 0 Å². The summed E-state index contributed by atoms with van der Waals surface area (Å²) in [6, 6.07) is 0. The maximum Gasteiger partial charge on any atom is 0.264 e. The molecule has 1 heterocycles. The van der Waals surface area contributed by atoms with E-state index >= 15 is 0 Å². The zero-order chi connectivity index (χ0) is 9.19. The largest absolute Gasteiger partial charge is 0.365 e. The summed E-state index contributed by atoms with van der Waals surface area (Å²) >= 11 is 0. The van der Waals surface area contributed by atoms with Crippen molar-refractivity contribution in [3.8, 4) is 0 Å². The summed E-state index contributed by atoms with van der Waals surface area (Å²) in [5.74, 6) is 0. The molecule has 0 aromatic carbocycles. The lowest BCUT2D eigenvalue weighted by atomic mass is 10.3. The summed E-state index contributed by atoms with van der Waals surface area (Å²) in [7, 11) is -3.34. The molecule has 2 atom stereocenters. The molecule has 0 bridgehead atoms. The van der Waals surface area contributed by atoms with E-state index in [4.69, 9.17) is 4.74 Å². The minimum atomic E-state index is -3.34. The summed E-state index contributed by atoms with van der Waals surface area (Å²) in [6.07, 6.45) is 4.52. The molecule has 4 nitrogen and oxygen atoms in total. The zero-order valence-corrected chi connectivity index (χ0v) is 7.87. The second-order valence-electron chi connectivity index (χ2n) is 2.75. The van der Waals surface area contributed by atoms with Gasteiger partial charge in [-0.05, 0) is 6.92 Å². The lowest BCUT2D eigenvalue weighted by Crippen LogP contribution is -2.18. The molecule has 0 unspecified atom stereocenters. The van der Waals surface area contributed by atoms with Crippen molar-refractivity contribution in [1.82, 2.24) is 0 Å². The maximum absolute atomic E-state index is 10.6. The Hall–Kier alpha value is -0.390. The molecule has 0 saturated heterocycles. The molecule has 0 saturated carbocycles. The van der Waals surface area contributed by atoms with Crippen molar-refractivity contribution < 1.29 is 17.3 Å². The average molecular weight is 192 g/mol. The van der Waals surface area contributed by atoms with E-state index in [0.29, 0.717) is 0 Å². The molecule has 0 amide bonds. The van der Waals surface area contributed by atoms with Gasteiger partial charge in [-0.2, -0.15) is 8.42 Å². The number of ether oxygens (including phenoxy) is 1. The van der Waals surface area contributed by atoms with Crippen LogP contribution in [0.2, 0.25) is 0 Å². The second kappa shape index (κ2) is 3.55. The minimum Gasteiger partial charge on any atom is -0.365 e. The van der Waals surface area contributed by atoms with Gasteiger partial charge in [-0.15, -0.1) is 0 Å². The van der Waals surface area contributed by atoms with E-state index in [-0.39, 0.29) is 18.8 Å². The van der Waals surface area contributed by atoms with Crippen LogP contribution in [-0.2, 0) is 19.0 Å². The minimum absolute atomic E-state index is 0.0539. The van der Waals surface area contributed by atoms with Gasteiger partial charge in [0.25, 0.3) is 10.1 Å². The molecule has 5 heteroatoms. The normalized spacial score (nSPS) is 29.5. The molecule has 70 valence electrons. The number of hydrogen-bond acceptors (Lipinski definition) is 4. The molecule has 0 aliphatic carbocycles. The van der Waals surface area contributed by atoms with Crippen molar-refractivity contribution >= 4 is 10.1 Å². The molecule has 0 aromatic rings. The van der Waals surface area contributed by atoms with Crippen molar-refractivity contribution in [2.45, 2.75) is 19.1 Å². The fourth-order valence-corrected chi connectivity index (χ4v) is 1.31. The quantitative estimate of drug-likeness (QED) is 0.477. The van der Waals surface area contributed by atoms with Crippen molar-refractivity contribution in [2.75, 3.05) is 12.9 Å². The van der Waals surface area contributed by atoms with E-state index in [9.17, 15) is 8.42 Å². The van der Waals surface area contributed by atoms with Gasteiger partial charge in [-0.25, -0.2) is 0 Å². The van der Waals surface area contributed by atoms with Crippen LogP contribution in [0.5, 0.6) is 0 Å². The highest BCUT2D eigenvalue weighted by molar-refractivity contribution is 7.85. The third-order valence-electron chi connectivity index (χ3n) is 1.43. The van der Waals surface area contributed by atoms with Crippen LogP contribution in [0.1, 0.15) is 6.92 Å². The van der Waals surface area contributed by atoms with Crippen LogP contribution in [0.3, 0.4) is 0 Å². The van der Waals surface area contributed by atoms with Gasteiger partial charge in [0.05, 0.1) is 19.0 Å². The van der Waals surface area contributed by atoms with Crippen molar-refractivity contribution in [1.29, 1.82) is 0 Å². The smallest absolute Gasteiger partial charge is 0.264 e. The molecule has 1 aliphatic rings. The molecule has 0 fully saturated rings. The first-order valence-electron chi connectivity index (χ1n) is 3.65.